The lowest BCUT2D eigenvalue weighted by atomic mass is 9.92. The van der Waals surface area contributed by atoms with Gasteiger partial charge in [-0.25, -0.2) is 17.5 Å². The number of sulfonamides is 1. The summed E-state index contributed by atoms with van der Waals surface area (Å²) in [6.45, 7) is 9.02. The number of halogens is 1. The number of nitrogens with zero attached hydrogens (tertiary/aromatic N) is 3. The summed E-state index contributed by atoms with van der Waals surface area (Å²) in [4.78, 5) is 31.0. The quantitative estimate of drug-likeness (QED) is 0.568. The Hall–Kier alpha value is -2.04. The third-order valence-corrected chi connectivity index (χ3v) is 7.77. The fraction of sp³-hybridized carbons (Fsp3) is 0.652. The molecular formula is C23H35FN4O4S. The first-order valence-corrected chi connectivity index (χ1v) is 13.2. The highest BCUT2D eigenvalue weighted by Crippen LogP contribution is 2.21. The van der Waals surface area contributed by atoms with Crippen molar-refractivity contribution in [1.82, 2.24) is 19.4 Å². The monoisotopic (exact) mass is 482 g/mol. The molecule has 1 aromatic carbocycles. The van der Waals surface area contributed by atoms with Gasteiger partial charge >= 0.3 is 0 Å². The first kappa shape index (κ1) is 25.6. The Labute approximate surface area is 196 Å². The highest BCUT2D eigenvalue weighted by Gasteiger charge is 2.28. The predicted molar refractivity (Wildman–Crippen MR) is 123 cm³/mol. The summed E-state index contributed by atoms with van der Waals surface area (Å²) in [6, 6.07) is 4.61. The van der Waals surface area contributed by atoms with Crippen molar-refractivity contribution in [2.75, 3.05) is 52.4 Å². The van der Waals surface area contributed by atoms with E-state index >= 15 is 0 Å². The molecule has 2 fully saturated rings. The summed E-state index contributed by atoms with van der Waals surface area (Å²) < 4.78 is 39.8. The van der Waals surface area contributed by atoms with Crippen molar-refractivity contribution in [3.8, 4) is 0 Å². The van der Waals surface area contributed by atoms with E-state index in [0.29, 0.717) is 51.0 Å². The van der Waals surface area contributed by atoms with Gasteiger partial charge in [0, 0.05) is 52.2 Å². The number of piperazine rings is 1. The fourth-order valence-corrected chi connectivity index (χ4v) is 5.69. The maximum atomic E-state index is 13.0. The molecule has 33 heavy (non-hydrogen) atoms. The Morgan fingerprint density at radius 1 is 0.970 bits per heavy atom. The van der Waals surface area contributed by atoms with Gasteiger partial charge in [0.2, 0.25) is 21.8 Å². The van der Waals surface area contributed by atoms with Crippen molar-refractivity contribution in [3.63, 3.8) is 0 Å². The van der Waals surface area contributed by atoms with Gasteiger partial charge in [-0.15, -0.1) is 0 Å². The molecule has 0 bridgehead atoms. The minimum atomic E-state index is -3.72. The molecule has 1 N–H and O–H groups in total. The lowest BCUT2D eigenvalue weighted by molar-refractivity contribution is -0.136. The zero-order valence-corrected chi connectivity index (χ0v) is 20.3. The number of rotatable bonds is 8. The third-order valence-electron chi connectivity index (χ3n) is 6.29. The van der Waals surface area contributed by atoms with Crippen LogP contribution >= 0.6 is 0 Å². The summed E-state index contributed by atoms with van der Waals surface area (Å²) in [7, 11) is -3.72. The van der Waals surface area contributed by atoms with E-state index in [2.05, 4.69) is 23.5 Å². The van der Waals surface area contributed by atoms with Crippen molar-refractivity contribution in [2.45, 2.75) is 38.0 Å². The molecule has 0 aliphatic carbocycles. The van der Waals surface area contributed by atoms with E-state index in [1.54, 1.807) is 4.90 Å². The van der Waals surface area contributed by atoms with Gasteiger partial charge in [-0.05, 0) is 48.9 Å². The number of nitrogens with one attached hydrogen (secondary N) is 1. The number of piperidine rings is 1. The van der Waals surface area contributed by atoms with E-state index in [1.807, 2.05) is 4.90 Å². The van der Waals surface area contributed by atoms with E-state index < -0.39 is 15.8 Å². The second-order valence-corrected chi connectivity index (χ2v) is 11.1. The zero-order chi connectivity index (χ0) is 24.0. The molecule has 2 amide bonds. The molecule has 1 aromatic rings. The molecule has 2 heterocycles. The summed E-state index contributed by atoms with van der Waals surface area (Å²) in [5, 5.41) is 0. The molecule has 2 atom stereocenters. The van der Waals surface area contributed by atoms with Crippen molar-refractivity contribution in [2.24, 2.45) is 11.8 Å². The van der Waals surface area contributed by atoms with Crippen LogP contribution < -0.4 is 4.72 Å². The van der Waals surface area contributed by atoms with Crippen molar-refractivity contribution >= 4 is 21.8 Å². The highest BCUT2D eigenvalue weighted by atomic mass is 32.2. The SMILES string of the molecule is CC1CC(C)CN(C(=O)CN2CCN(C(=O)CCCNS(=O)(=O)c3ccc(F)cc3)CC2)C1. The molecule has 0 saturated carbocycles. The molecule has 2 unspecified atom stereocenters. The lowest BCUT2D eigenvalue weighted by Crippen LogP contribution is -2.53. The van der Waals surface area contributed by atoms with Gasteiger partial charge in [-0.1, -0.05) is 13.8 Å². The molecule has 3 rings (SSSR count). The first-order chi connectivity index (χ1) is 15.6. The highest BCUT2D eigenvalue weighted by molar-refractivity contribution is 7.89. The smallest absolute Gasteiger partial charge is 0.240 e. The second kappa shape index (κ2) is 11.4. The lowest BCUT2D eigenvalue weighted by Gasteiger charge is -2.38. The molecule has 0 spiro atoms. The summed E-state index contributed by atoms with van der Waals surface area (Å²) >= 11 is 0. The largest absolute Gasteiger partial charge is 0.341 e. The predicted octanol–water partition coefficient (Wildman–Crippen LogP) is 1.53. The minimum absolute atomic E-state index is 0.00522. The minimum Gasteiger partial charge on any atom is -0.341 e. The normalized spacial score (nSPS) is 22.4. The maximum absolute atomic E-state index is 13.0. The Balaban J connectivity index is 1.34. The number of carbonyl (C=O) groups excluding carboxylic acids is 2. The Morgan fingerprint density at radius 2 is 1.58 bits per heavy atom. The number of hydrogen-bond donors (Lipinski definition) is 1. The van der Waals surface area contributed by atoms with E-state index in [4.69, 9.17) is 0 Å². The Bertz CT molecular complexity index is 907. The van der Waals surface area contributed by atoms with Gasteiger partial charge < -0.3 is 9.80 Å². The van der Waals surface area contributed by atoms with Crippen LogP contribution in [0.4, 0.5) is 4.39 Å². The third kappa shape index (κ3) is 7.48. The van der Waals surface area contributed by atoms with Crippen LogP contribution in [-0.4, -0.2) is 87.3 Å². The fourth-order valence-electron chi connectivity index (χ4n) is 4.61. The molecular weight excluding hydrogens is 447 g/mol. The molecule has 2 aliphatic rings. The standard InChI is InChI=1S/C23H35FN4O4S/c1-18-14-19(2)16-28(15-18)23(30)17-26-10-12-27(13-11-26)22(29)4-3-9-25-33(31,32)21-7-5-20(24)6-8-21/h5-8,18-19,25H,3-4,9-17H2,1-2H3. The van der Waals surface area contributed by atoms with Crippen LogP contribution in [0, 0.1) is 17.7 Å². The number of amides is 2. The summed E-state index contributed by atoms with van der Waals surface area (Å²) in [6.07, 6.45) is 1.79. The van der Waals surface area contributed by atoms with Crippen molar-refractivity contribution in [1.29, 1.82) is 0 Å². The molecule has 0 aromatic heterocycles. The average molecular weight is 483 g/mol. The number of hydrogen-bond acceptors (Lipinski definition) is 5. The maximum Gasteiger partial charge on any atom is 0.240 e. The van der Waals surface area contributed by atoms with Gasteiger partial charge in [0.15, 0.2) is 0 Å². The zero-order valence-electron chi connectivity index (χ0n) is 19.5. The number of carbonyl (C=O) groups is 2. The van der Waals surface area contributed by atoms with Gasteiger partial charge in [0.25, 0.3) is 0 Å². The van der Waals surface area contributed by atoms with Crippen LogP contribution in [0.3, 0.4) is 0 Å². The summed E-state index contributed by atoms with van der Waals surface area (Å²) in [5.41, 5.74) is 0. The molecule has 2 aliphatic heterocycles. The van der Waals surface area contributed by atoms with Gasteiger partial charge in [-0.2, -0.15) is 0 Å². The summed E-state index contributed by atoms with van der Waals surface area (Å²) in [5.74, 6) is 0.724. The van der Waals surface area contributed by atoms with Crippen molar-refractivity contribution < 1.29 is 22.4 Å². The van der Waals surface area contributed by atoms with Crippen LogP contribution in [0.5, 0.6) is 0 Å². The van der Waals surface area contributed by atoms with Crippen LogP contribution in [0.15, 0.2) is 29.2 Å². The topological polar surface area (TPSA) is 90.0 Å². The molecule has 184 valence electrons. The average Bonchev–Trinajstić information content (AvgIpc) is 2.76. The van der Waals surface area contributed by atoms with E-state index in [1.165, 1.54) is 12.1 Å². The van der Waals surface area contributed by atoms with Crippen LogP contribution in [0.2, 0.25) is 0 Å². The molecule has 10 heteroatoms. The van der Waals surface area contributed by atoms with Gasteiger partial charge in [-0.3, -0.25) is 14.5 Å². The van der Waals surface area contributed by atoms with Gasteiger partial charge in [0.1, 0.15) is 5.82 Å². The van der Waals surface area contributed by atoms with Crippen LogP contribution in [0.25, 0.3) is 0 Å². The van der Waals surface area contributed by atoms with Crippen LogP contribution in [0.1, 0.15) is 33.1 Å². The number of benzene rings is 1. The Kier molecular flexibility index (Phi) is 8.83. The van der Waals surface area contributed by atoms with E-state index in [-0.39, 0.29) is 29.7 Å². The first-order valence-electron chi connectivity index (χ1n) is 11.7. The second-order valence-electron chi connectivity index (χ2n) is 9.36. The number of likely N-dealkylation sites (tertiary alicyclic amines) is 1. The van der Waals surface area contributed by atoms with E-state index in [0.717, 1.165) is 31.6 Å². The molecule has 2 saturated heterocycles. The van der Waals surface area contributed by atoms with Crippen molar-refractivity contribution in [3.05, 3.63) is 30.1 Å². The van der Waals surface area contributed by atoms with Gasteiger partial charge in [0.05, 0.1) is 11.4 Å². The molecule has 0 radical (unpaired) electrons. The van der Waals surface area contributed by atoms with E-state index in [9.17, 15) is 22.4 Å². The van der Waals surface area contributed by atoms with Crippen LogP contribution in [-0.2, 0) is 19.6 Å². The Morgan fingerprint density at radius 3 is 2.18 bits per heavy atom. The molecule has 8 nitrogen and oxygen atoms in total.